The van der Waals surface area contributed by atoms with Gasteiger partial charge in [0.05, 0.1) is 34.4 Å². The third kappa shape index (κ3) is 7.60. The van der Waals surface area contributed by atoms with Crippen molar-refractivity contribution in [2.45, 2.75) is 26.3 Å². The van der Waals surface area contributed by atoms with E-state index in [1.165, 1.54) is 28.4 Å². The second kappa shape index (κ2) is 14.0. The number of hydrogen-bond donors (Lipinski definition) is 1. The second-order valence-corrected chi connectivity index (χ2v) is 9.18. The molecule has 0 saturated heterocycles. The summed E-state index contributed by atoms with van der Waals surface area (Å²) in [5, 5.41) is 2.89. The highest BCUT2D eigenvalue weighted by atomic mass is 16.5. The molecular formula is C31H35NO7. The molecule has 0 spiro atoms. The Kier molecular flexibility index (Phi) is 10.5. The van der Waals surface area contributed by atoms with Gasteiger partial charge in [-0.25, -0.2) is 0 Å². The molecule has 2 atom stereocenters. The molecule has 206 valence electrons. The molecule has 0 aliphatic rings. The van der Waals surface area contributed by atoms with Crippen molar-refractivity contribution in [2.24, 2.45) is 11.8 Å². The molecule has 0 fully saturated rings. The number of carbonyl (C=O) groups excluding carboxylic acids is 3. The van der Waals surface area contributed by atoms with Crippen LogP contribution >= 0.6 is 0 Å². The minimum atomic E-state index is -0.734. The number of amides is 1. The predicted octanol–water partition coefficient (Wildman–Crippen LogP) is 5.08. The molecule has 3 rings (SSSR count). The molecule has 1 amide bonds. The van der Waals surface area contributed by atoms with Gasteiger partial charge in [-0.15, -0.1) is 0 Å². The Morgan fingerprint density at radius 3 is 1.92 bits per heavy atom. The van der Waals surface area contributed by atoms with Crippen molar-refractivity contribution in [3.63, 3.8) is 0 Å². The molecule has 0 aliphatic carbocycles. The van der Waals surface area contributed by atoms with Crippen LogP contribution in [0.4, 0.5) is 0 Å². The summed E-state index contributed by atoms with van der Waals surface area (Å²) < 4.78 is 21.0. The third-order valence-electron chi connectivity index (χ3n) is 6.55. The second-order valence-electron chi connectivity index (χ2n) is 9.18. The minimum absolute atomic E-state index is 0.0485. The molecule has 0 heterocycles. The monoisotopic (exact) mass is 533 g/mol. The number of rotatable bonds is 13. The van der Waals surface area contributed by atoms with Crippen molar-refractivity contribution >= 4 is 17.7 Å². The Hall–Kier alpha value is -4.33. The van der Waals surface area contributed by atoms with E-state index in [1.807, 2.05) is 42.5 Å². The third-order valence-corrected chi connectivity index (χ3v) is 6.55. The number of methoxy groups -OCH3 is 4. The fraction of sp³-hybridized carbons (Fsp3) is 0.323. The van der Waals surface area contributed by atoms with Gasteiger partial charge in [-0.3, -0.25) is 14.4 Å². The van der Waals surface area contributed by atoms with Crippen molar-refractivity contribution in [3.8, 4) is 28.4 Å². The molecule has 0 saturated carbocycles. The van der Waals surface area contributed by atoms with Crippen LogP contribution in [0.3, 0.4) is 0 Å². The number of Topliss-reactive ketones (excluding diaryl/α,β-unsaturated/α-hetero) is 1. The number of ketones is 1. The maximum absolute atomic E-state index is 13.3. The van der Waals surface area contributed by atoms with E-state index < -0.39 is 17.8 Å². The van der Waals surface area contributed by atoms with Crippen molar-refractivity contribution < 1.29 is 33.3 Å². The van der Waals surface area contributed by atoms with Crippen LogP contribution < -0.4 is 19.5 Å². The average molecular weight is 534 g/mol. The zero-order valence-corrected chi connectivity index (χ0v) is 23.0. The van der Waals surface area contributed by atoms with E-state index in [0.717, 1.165) is 16.7 Å². The summed E-state index contributed by atoms with van der Waals surface area (Å²) in [5.41, 5.74) is 3.27. The lowest BCUT2D eigenvalue weighted by atomic mass is 9.88. The van der Waals surface area contributed by atoms with Crippen LogP contribution in [0.5, 0.6) is 17.2 Å². The van der Waals surface area contributed by atoms with Crippen LogP contribution in [0.15, 0.2) is 66.7 Å². The van der Waals surface area contributed by atoms with E-state index >= 15 is 0 Å². The lowest BCUT2D eigenvalue weighted by molar-refractivity contribution is -0.145. The van der Waals surface area contributed by atoms with Crippen molar-refractivity contribution in [1.82, 2.24) is 5.32 Å². The number of nitrogens with one attached hydrogen (secondary N) is 1. The molecule has 8 nitrogen and oxygen atoms in total. The first kappa shape index (κ1) is 29.2. The Morgan fingerprint density at radius 2 is 1.38 bits per heavy atom. The van der Waals surface area contributed by atoms with Gasteiger partial charge in [0.2, 0.25) is 11.7 Å². The number of hydrogen-bond acceptors (Lipinski definition) is 7. The fourth-order valence-electron chi connectivity index (χ4n) is 4.40. The van der Waals surface area contributed by atoms with Gasteiger partial charge in [0.15, 0.2) is 17.3 Å². The quantitative estimate of drug-likeness (QED) is 0.241. The Morgan fingerprint density at radius 1 is 0.795 bits per heavy atom. The lowest BCUT2D eigenvalue weighted by Crippen LogP contribution is -2.34. The van der Waals surface area contributed by atoms with Crippen LogP contribution in [0, 0.1) is 11.8 Å². The maximum atomic E-state index is 13.3. The van der Waals surface area contributed by atoms with Gasteiger partial charge >= 0.3 is 5.97 Å². The van der Waals surface area contributed by atoms with Gasteiger partial charge < -0.3 is 24.3 Å². The van der Waals surface area contributed by atoms with E-state index in [-0.39, 0.29) is 31.1 Å². The van der Waals surface area contributed by atoms with Gasteiger partial charge in [0.1, 0.15) is 0 Å². The molecule has 0 aliphatic heterocycles. The molecule has 0 aromatic heterocycles. The number of carbonyl (C=O) groups is 3. The summed E-state index contributed by atoms with van der Waals surface area (Å²) >= 11 is 0. The largest absolute Gasteiger partial charge is 0.493 e. The highest BCUT2D eigenvalue weighted by Gasteiger charge is 2.28. The maximum Gasteiger partial charge on any atom is 0.308 e. The van der Waals surface area contributed by atoms with Crippen molar-refractivity contribution in [2.75, 3.05) is 28.4 Å². The van der Waals surface area contributed by atoms with Crippen molar-refractivity contribution in [1.29, 1.82) is 0 Å². The van der Waals surface area contributed by atoms with Gasteiger partial charge in [-0.05, 0) is 35.2 Å². The predicted molar refractivity (Wildman–Crippen MR) is 148 cm³/mol. The van der Waals surface area contributed by atoms with Gasteiger partial charge in [0.25, 0.3) is 0 Å². The standard InChI is InChI=1S/C31H35NO7/c1-20(31(35)39-5)15-25(18-26(33)24-13-11-23(12-14-24)22-9-7-6-8-10-22)30(34)32-19-21-16-27(36-2)29(38-4)28(17-21)37-3/h6-14,16-17,20,25H,15,18-19H2,1-5H3,(H,32,34)/t20-,25+/m0/s1. The number of ether oxygens (including phenoxy) is 4. The van der Waals surface area contributed by atoms with E-state index in [9.17, 15) is 14.4 Å². The van der Waals surface area contributed by atoms with Gasteiger partial charge in [-0.1, -0.05) is 61.5 Å². The smallest absolute Gasteiger partial charge is 0.308 e. The molecule has 0 bridgehead atoms. The summed E-state index contributed by atoms with van der Waals surface area (Å²) in [6.07, 6.45) is 0.120. The first-order chi connectivity index (χ1) is 18.8. The molecule has 3 aromatic rings. The molecule has 0 unspecified atom stereocenters. The zero-order chi connectivity index (χ0) is 28.4. The minimum Gasteiger partial charge on any atom is -0.493 e. The molecule has 39 heavy (non-hydrogen) atoms. The molecular weight excluding hydrogens is 498 g/mol. The first-order valence-corrected chi connectivity index (χ1v) is 12.6. The summed E-state index contributed by atoms with van der Waals surface area (Å²) in [6.45, 7) is 1.85. The van der Waals surface area contributed by atoms with E-state index in [0.29, 0.717) is 22.8 Å². The molecule has 1 N–H and O–H groups in total. The van der Waals surface area contributed by atoms with Crippen LogP contribution in [0.1, 0.15) is 35.7 Å². The number of esters is 1. The SMILES string of the molecule is COC(=O)[C@@H](C)C[C@H](CC(=O)c1ccc(-c2ccccc2)cc1)C(=O)NCc1cc(OC)c(OC)c(OC)c1. The highest BCUT2D eigenvalue weighted by molar-refractivity contribution is 5.99. The van der Waals surface area contributed by atoms with Crippen molar-refractivity contribution in [3.05, 3.63) is 77.9 Å². The summed E-state index contributed by atoms with van der Waals surface area (Å²) in [7, 11) is 5.85. The molecule has 8 heteroatoms. The molecule has 3 aromatic carbocycles. The Bertz CT molecular complexity index is 1250. The lowest BCUT2D eigenvalue weighted by Gasteiger charge is -2.20. The highest BCUT2D eigenvalue weighted by Crippen LogP contribution is 2.38. The zero-order valence-electron chi connectivity index (χ0n) is 23.0. The Labute approximate surface area is 229 Å². The van der Waals surface area contributed by atoms with E-state index in [2.05, 4.69) is 5.32 Å². The fourth-order valence-corrected chi connectivity index (χ4v) is 4.40. The Balaban J connectivity index is 1.76. The summed E-state index contributed by atoms with van der Waals surface area (Å²) in [6, 6.07) is 20.6. The normalized spacial score (nSPS) is 12.1. The summed E-state index contributed by atoms with van der Waals surface area (Å²) in [5.74, 6) is -0.867. The van der Waals surface area contributed by atoms with Gasteiger partial charge in [0, 0.05) is 24.4 Å². The van der Waals surface area contributed by atoms with Crippen LogP contribution in [0.2, 0.25) is 0 Å². The summed E-state index contributed by atoms with van der Waals surface area (Å²) in [4.78, 5) is 38.6. The van der Waals surface area contributed by atoms with Crippen LogP contribution in [0.25, 0.3) is 11.1 Å². The van der Waals surface area contributed by atoms with Gasteiger partial charge in [-0.2, -0.15) is 0 Å². The van der Waals surface area contributed by atoms with E-state index in [1.54, 1.807) is 31.2 Å². The first-order valence-electron chi connectivity index (χ1n) is 12.6. The van der Waals surface area contributed by atoms with Crippen LogP contribution in [-0.2, 0) is 20.9 Å². The molecule has 0 radical (unpaired) electrons. The average Bonchev–Trinajstić information content (AvgIpc) is 2.98. The van der Waals surface area contributed by atoms with Crippen LogP contribution in [-0.4, -0.2) is 46.1 Å². The topological polar surface area (TPSA) is 100 Å². The number of benzene rings is 3. The van der Waals surface area contributed by atoms with E-state index in [4.69, 9.17) is 18.9 Å².